The van der Waals surface area contributed by atoms with E-state index >= 15 is 0 Å². The first-order chi connectivity index (χ1) is 11.5. The molecule has 1 aromatic carbocycles. The number of pyridine rings is 1. The van der Waals surface area contributed by atoms with Crippen LogP contribution >= 0.6 is 11.6 Å². The first-order valence-electron chi connectivity index (χ1n) is 7.39. The SMILES string of the molecule is COCCn1ccc(=O)c(OCC(=O)Nc2ccccc2Cl)c1C. The van der Waals surface area contributed by atoms with Crippen LogP contribution in [0.4, 0.5) is 5.69 Å². The molecule has 128 valence electrons. The number of para-hydroxylation sites is 1. The van der Waals surface area contributed by atoms with Gasteiger partial charge in [-0.15, -0.1) is 0 Å². The van der Waals surface area contributed by atoms with E-state index in [0.717, 1.165) is 0 Å². The average Bonchev–Trinajstić information content (AvgIpc) is 2.56. The van der Waals surface area contributed by atoms with Crippen molar-refractivity contribution in [3.8, 4) is 5.75 Å². The molecule has 1 N–H and O–H groups in total. The first kappa shape index (κ1) is 18.0. The highest BCUT2D eigenvalue weighted by atomic mass is 35.5. The van der Waals surface area contributed by atoms with Crippen molar-refractivity contribution in [3.05, 3.63) is 57.5 Å². The number of nitrogens with zero attached hydrogens (tertiary/aromatic N) is 1. The highest BCUT2D eigenvalue weighted by Crippen LogP contribution is 2.20. The molecule has 0 bridgehead atoms. The highest BCUT2D eigenvalue weighted by molar-refractivity contribution is 6.33. The number of methoxy groups -OCH3 is 1. The second-order valence-corrected chi connectivity index (χ2v) is 5.50. The number of hydrogen-bond acceptors (Lipinski definition) is 4. The lowest BCUT2D eigenvalue weighted by molar-refractivity contribution is -0.118. The normalized spacial score (nSPS) is 10.5. The van der Waals surface area contributed by atoms with E-state index in [4.69, 9.17) is 21.1 Å². The number of nitrogens with one attached hydrogen (secondary N) is 1. The Morgan fingerprint density at radius 2 is 2.04 bits per heavy atom. The van der Waals surface area contributed by atoms with Crippen molar-refractivity contribution in [3.63, 3.8) is 0 Å². The molecule has 0 fully saturated rings. The number of carbonyl (C=O) groups excluding carboxylic acids is 1. The fourth-order valence-electron chi connectivity index (χ4n) is 2.15. The van der Waals surface area contributed by atoms with Crippen LogP contribution in [-0.4, -0.2) is 30.8 Å². The fourth-order valence-corrected chi connectivity index (χ4v) is 2.33. The Morgan fingerprint density at radius 3 is 2.75 bits per heavy atom. The summed E-state index contributed by atoms with van der Waals surface area (Å²) in [5.74, 6) is -0.239. The third kappa shape index (κ3) is 4.59. The Morgan fingerprint density at radius 1 is 1.29 bits per heavy atom. The molecule has 1 aromatic heterocycles. The van der Waals surface area contributed by atoms with Crippen molar-refractivity contribution in [2.75, 3.05) is 25.6 Å². The molecule has 0 unspecified atom stereocenters. The van der Waals surface area contributed by atoms with Crippen LogP contribution in [0.5, 0.6) is 5.75 Å². The zero-order chi connectivity index (χ0) is 17.5. The molecule has 1 heterocycles. The van der Waals surface area contributed by atoms with Crippen molar-refractivity contribution in [2.45, 2.75) is 13.5 Å². The molecule has 0 aliphatic heterocycles. The van der Waals surface area contributed by atoms with Gasteiger partial charge in [-0.05, 0) is 19.1 Å². The lowest BCUT2D eigenvalue weighted by Crippen LogP contribution is -2.24. The summed E-state index contributed by atoms with van der Waals surface area (Å²) in [5, 5.41) is 3.08. The molecule has 24 heavy (non-hydrogen) atoms. The predicted octanol–water partition coefficient (Wildman–Crippen LogP) is 2.47. The topological polar surface area (TPSA) is 69.6 Å². The van der Waals surface area contributed by atoms with Gasteiger partial charge in [0.25, 0.3) is 5.91 Å². The van der Waals surface area contributed by atoms with Crippen LogP contribution < -0.4 is 15.5 Å². The van der Waals surface area contributed by atoms with Crippen LogP contribution in [0.15, 0.2) is 41.3 Å². The molecule has 2 aromatic rings. The largest absolute Gasteiger partial charge is 0.478 e. The molecule has 0 aliphatic carbocycles. The van der Waals surface area contributed by atoms with Crippen molar-refractivity contribution in [2.24, 2.45) is 0 Å². The number of amides is 1. The summed E-state index contributed by atoms with van der Waals surface area (Å²) in [6.07, 6.45) is 1.67. The summed E-state index contributed by atoms with van der Waals surface area (Å²) >= 11 is 5.98. The third-order valence-electron chi connectivity index (χ3n) is 3.42. The summed E-state index contributed by atoms with van der Waals surface area (Å²) in [7, 11) is 1.61. The van der Waals surface area contributed by atoms with Crippen LogP contribution in [0.3, 0.4) is 0 Å². The monoisotopic (exact) mass is 350 g/mol. The van der Waals surface area contributed by atoms with E-state index in [2.05, 4.69) is 5.32 Å². The highest BCUT2D eigenvalue weighted by Gasteiger charge is 2.12. The maximum absolute atomic E-state index is 12.0. The number of rotatable bonds is 7. The first-order valence-corrected chi connectivity index (χ1v) is 7.77. The maximum Gasteiger partial charge on any atom is 0.262 e. The van der Waals surface area contributed by atoms with Crippen LogP contribution in [0.25, 0.3) is 0 Å². The average molecular weight is 351 g/mol. The molecule has 2 rings (SSSR count). The van der Waals surface area contributed by atoms with Gasteiger partial charge in [-0.2, -0.15) is 0 Å². The van der Waals surface area contributed by atoms with Crippen molar-refractivity contribution < 1.29 is 14.3 Å². The van der Waals surface area contributed by atoms with Gasteiger partial charge in [0.2, 0.25) is 5.43 Å². The van der Waals surface area contributed by atoms with Gasteiger partial charge in [-0.25, -0.2) is 0 Å². The van der Waals surface area contributed by atoms with Crippen molar-refractivity contribution in [1.29, 1.82) is 0 Å². The van der Waals surface area contributed by atoms with Gasteiger partial charge in [0, 0.05) is 25.9 Å². The van der Waals surface area contributed by atoms with Crippen LogP contribution in [0.2, 0.25) is 5.02 Å². The zero-order valence-corrected chi connectivity index (χ0v) is 14.3. The Balaban J connectivity index is 2.04. The van der Waals surface area contributed by atoms with Gasteiger partial charge < -0.3 is 19.4 Å². The smallest absolute Gasteiger partial charge is 0.262 e. The predicted molar refractivity (Wildman–Crippen MR) is 92.9 cm³/mol. The van der Waals surface area contributed by atoms with Gasteiger partial charge in [0.1, 0.15) is 0 Å². The number of carbonyl (C=O) groups is 1. The van der Waals surface area contributed by atoms with E-state index in [1.807, 2.05) is 4.57 Å². The van der Waals surface area contributed by atoms with E-state index < -0.39 is 5.91 Å². The van der Waals surface area contributed by atoms with Crippen molar-refractivity contribution >= 4 is 23.2 Å². The molecule has 0 saturated heterocycles. The van der Waals surface area contributed by atoms with Crippen molar-refractivity contribution in [1.82, 2.24) is 4.57 Å². The number of halogens is 1. The lowest BCUT2D eigenvalue weighted by atomic mass is 10.3. The second-order valence-electron chi connectivity index (χ2n) is 5.10. The summed E-state index contributed by atoms with van der Waals surface area (Å²) in [6, 6.07) is 8.30. The minimum absolute atomic E-state index is 0.155. The molecule has 7 heteroatoms. The summed E-state index contributed by atoms with van der Waals surface area (Å²) in [6.45, 7) is 2.58. The molecule has 0 atom stereocenters. The maximum atomic E-state index is 12.0. The Hall–Kier alpha value is -2.31. The molecule has 0 saturated carbocycles. The fraction of sp³-hybridized carbons (Fsp3) is 0.294. The van der Waals surface area contributed by atoms with E-state index in [-0.39, 0.29) is 17.8 Å². The number of hydrogen-bond donors (Lipinski definition) is 1. The standard InChI is InChI=1S/C17H19ClN2O4/c1-12-17(15(21)7-8-20(12)9-10-23-2)24-11-16(22)19-14-6-4-3-5-13(14)18/h3-8H,9-11H2,1-2H3,(H,19,22). The Bertz CT molecular complexity index is 773. The molecule has 0 radical (unpaired) electrons. The third-order valence-corrected chi connectivity index (χ3v) is 3.75. The quantitative estimate of drug-likeness (QED) is 0.832. The van der Waals surface area contributed by atoms with Crippen LogP contribution in [0, 0.1) is 6.92 Å². The minimum atomic E-state index is -0.394. The van der Waals surface area contributed by atoms with Gasteiger partial charge in [-0.1, -0.05) is 23.7 Å². The second kappa shape index (κ2) is 8.52. The van der Waals surface area contributed by atoms with E-state index in [1.165, 1.54) is 6.07 Å². The Labute approximate surface area is 145 Å². The molecule has 0 aliphatic rings. The minimum Gasteiger partial charge on any atom is -0.478 e. The number of anilines is 1. The summed E-state index contributed by atoms with van der Waals surface area (Å²) in [5.41, 5.74) is 0.867. The molecule has 0 spiro atoms. The Kier molecular flexibility index (Phi) is 6.40. The van der Waals surface area contributed by atoms with Gasteiger partial charge in [0.05, 0.1) is 23.0 Å². The molecule has 6 nitrogen and oxygen atoms in total. The molecule has 1 amide bonds. The van der Waals surface area contributed by atoms with Gasteiger partial charge >= 0.3 is 0 Å². The summed E-state index contributed by atoms with van der Waals surface area (Å²) in [4.78, 5) is 24.0. The van der Waals surface area contributed by atoms with Gasteiger partial charge in [-0.3, -0.25) is 9.59 Å². The van der Waals surface area contributed by atoms with E-state index in [9.17, 15) is 9.59 Å². The van der Waals surface area contributed by atoms with Gasteiger partial charge in [0.15, 0.2) is 12.4 Å². The number of aromatic nitrogens is 1. The molecular weight excluding hydrogens is 332 g/mol. The number of benzene rings is 1. The lowest BCUT2D eigenvalue weighted by Gasteiger charge is -2.14. The van der Waals surface area contributed by atoms with E-state index in [1.54, 1.807) is 44.5 Å². The molecular formula is C17H19ClN2O4. The summed E-state index contributed by atoms with van der Waals surface area (Å²) < 4.78 is 12.3. The number of ether oxygens (including phenoxy) is 2. The zero-order valence-electron chi connectivity index (χ0n) is 13.5. The van der Waals surface area contributed by atoms with E-state index in [0.29, 0.717) is 29.6 Å². The van der Waals surface area contributed by atoms with Crippen LogP contribution in [-0.2, 0) is 16.1 Å². The van der Waals surface area contributed by atoms with Crippen LogP contribution in [0.1, 0.15) is 5.69 Å².